The van der Waals surface area contributed by atoms with Crippen molar-refractivity contribution in [2.75, 3.05) is 7.11 Å². The molecule has 0 aliphatic rings. The number of nitrogens with two attached hydrogens (primary N) is 1. The van der Waals surface area contributed by atoms with Crippen LogP contribution in [0, 0.1) is 0 Å². The van der Waals surface area contributed by atoms with Crippen molar-refractivity contribution in [3.63, 3.8) is 0 Å². The van der Waals surface area contributed by atoms with E-state index >= 15 is 0 Å². The van der Waals surface area contributed by atoms with Gasteiger partial charge in [-0.05, 0) is 19.8 Å². The number of unbranched alkanes of at least 4 members (excludes halogenated alkanes) is 2. The summed E-state index contributed by atoms with van der Waals surface area (Å²) in [5.74, 6) is 0. The van der Waals surface area contributed by atoms with E-state index in [2.05, 4.69) is 13.8 Å². The van der Waals surface area contributed by atoms with Gasteiger partial charge in [0.2, 0.25) is 0 Å². The van der Waals surface area contributed by atoms with Crippen LogP contribution in [0.3, 0.4) is 0 Å². The zero-order valence-corrected chi connectivity index (χ0v) is 8.68. The first kappa shape index (κ1) is 11.9. The average Bonchev–Trinajstić information content (AvgIpc) is 2.05. The van der Waals surface area contributed by atoms with Crippen molar-refractivity contribution in [2.24, 2.45) is 5.73 Å². The van der Waals surface area contributed by atoms with Gasteiger partial charge in [-0.1, -0.05) is 26.2 Å². The Morgan fingerprint density at radius 2 is 2.00 bits per heavy atom. The van der Waals surface area contributed by atoms with Gasteiger partial charge in [-0.3, -0.25) is 0 Å². The lowest BCUT2D eigenvalue weighted by molar-refractivity contribution is 0.103. The molecule has 0 spiro atoms. The predicted octanol–water partition coefficient (Wildman–Crippen LogP) is 2.32. The fraction of sp³-hybridized carbons (Fsp3) is 1.00. The molecule has 2 atom stereocenters. The Morgan fingerprint density at radius 3 is 2.50 bits per heavy atom. The number of ether oxygens (including phenoxy) is 1. The summed E-state index contributed by atoms with van der Waals surface area (Å²) >= 11 is 0. The molecule has 0 aromatic rings. The topological polar surface area (TPSA) is 35.2 Å². The molecule has 0 amide bonds. The van der Waals surface area contributed by atoms with Gasteiger partial charge in [0, 0.05) is 13.2 Å². The van der Waals surface area contributed by atoms with E-state index in [4.69, 9.17) is 10.5 Å². The summed E-state index contributed by atoms with van der Waals surface area (Å²) in [6, 6.07) is 0.325. The lowest BCUT2D eigenvalue weighted by atomic mass is 10.0. The van der Waals surface area contributed by atoms with Crippen LogP contribution < -0.4 is 5.73 Å². The zero-order chi connectivity index (χ0) is 9.40. The van der Waals surface area contributed by atoms with Crippen molar-refractivity contribution in [3.05, 3.63) is 0 Å². The molecule has 0 aliphatic carbocycles. The summed E-state index contributed by atoms with van der Waals surface area (Å²) in [6.45, 7) is 4.28. The van der Waals surface area contributed by atoms with Crippen LogP contribution in [0.2, 0.25) is 0 Å². The Bertz CT molecular complexity index is 95.8. The average molecular weight is 173 g/mol. The molecule has 74 valence electrons. The monoisotopic (exact) mass is 173 g/mol. The van der Waals surface area contributed by atoms with Gasteiger partial charge in [0.05, 0.1) is 6.10 Å². The molecule has 12 heavy (non-hydrogen) atoms. The highest BCUT2D eigenvalue weighted by Gasteiger charge is 2.07. The third kappa shape index (κ3) is 6.62. The smallest absolute Gasteiger partial charge is 0.0558 e. The van der Waals surface area contributed by atoms with Crippen molar-refractivity contribution in [3.8, 4) is 0 Å². The summed E-state index contributed by atoms with van der Waals surface area (Å²) in [5.41, 5.74) is 5.91. The molecule has 2 unspecified atom stereocenters. The summed E-state index contributed by atoms with van der Waals surface area (Å²) in [4.78, 5) is 0. The van der Waals surface area contributed by atoms with Gasteiger partial charge >= 0.3 is 0 Å². The van der Waals surface area contributed by atoms with Crippen LogP contribution in [0.1, 0.15) is 46.0 Å². The lowest BCUT2D eigenvalue weighted by Crippen LogP contribution is -2.25. The molecule has 0 fully saturated rings. The van der Waals surface area contributed by atoms with Crippen LogP contribution in [0.5, 0.6) is 0 Å². The van der Waals surface area contributed by atoms with Crippen molar-refractivity contribution < 1.29 is 4.74 Å². The van der Waals surface area contributed by atoms with Crippen molar-refractivity contribution in [1.29, 1.82) is 0 Å². The molecule has 2 nitrogen and oxygen atoms in total. The van der Waals surface area contributed by atoms with E-state index in [9.17, 15) is 0 Å². The summed E-state index contributed by atoms with van der Waals surface area (Å²) in [6.07, 6.45) is 6.26. The van der Waals surface area contributed by atoms with E-state index in [1.165, 1.54) is 19.3 Å². The third-order valence-electron chi connectivity index (χ3n) is 2.22. The summed E-state index contributed by atoms with van der Waals surface area (Å²) < 4.78 is 5.15. The Morgan fingerprint density at radius 1 is 1.33 bits per heavy atom. The fourth-order valence-corrected chi connectivity index (χ4v) is 1.30. The van der Waals surface area contributed by atoms with Gasteiger partial charge in [0.25, 0.3) is 0 Å². The minimum absolute atomic E-state index is 0.307. The Kier molecular flexibility index (Phi) is 7.51. The molecular weight excluding hydrogens is 150 g/mol. The number of hydrogen-bond acceptors (Lipinski definition) is 2. The molecular formula is C10H23NO. The molecule has 2 N–H and O–H groups in total. The number of hydrogen-bond donors (Lipinski definition) is 1. The van der Waals surface area contributed by atoms with E-state index in [-0.39, 0.29) is 0 Å². The van der Waals surface area contributed by atoms with E-state index in [1.807, 2.05) is 0 Å². The van der Waals surface area contributed by atoms with Crippen LogP contribution in [-0.2, 0) is 4.74 Å². The molecule has 2 heteroatoms. The largest absolute Gasteiger partial charge is 0.382 e. The molecule has 0 heterocycles. The Labute approximate surface area is 76.5 Å². The first-order chi connectivity index (χ1) is 5.70. The number of methoxy groups -OCH3 is 1. The molecule has 0 bridgehead atoms. The predicted molar refractivity (Wildman–Crippen MR) is 53.2 cm³/mol. The van der Waals surface area contributed by atoms with Crippen molar-refractivity contribution in [1.82, 2.24) is 0 Å². The second kappa shape index (κ2) is 7.56. The molecule has 0 aromatic heterocycles. The normalized spacial score (nSPS) is 16.0. The highest BCUT2D eigenvalue weighted by Crippen LogP contribution is 2.07. The van der Waals surface area contributed by atoms with Crippen LogP contribution in [0.15, 0.2) is 0 Å². The van der Waals surface area contributed by atoms with E-state index < -0.39 is 0 Å². The second-order valence-electron chi connectivity index (χ2n) is 3.54. The maximum absolute atomic E-state index is 5.91. The Hall–Kier alpha value is -0.0800. The van der Waals surface area contributed by atoms with Gasteiger partial charge in [0.15, 0.2) is 0 Å². The molecule has 0 aliphatic heterocycles. The van der Waals surface area contributed by atoms with Crippen LogP contribution >= 0.6 is 0 Å². The first-order valence-electron chi connectivity index (χ1n) is 4.99. The van der Waals surface area contributed by atoms with E-state index in [1.54, 1.807) is 7.11 Å². The SMILES string of the molecule is CCCCCC(N)CC(C)OC. The summed E-state index contributed by atoms with van der Waals surface area (Å²) in [5, 5.41) is 0. The van der Waals surface area contributed by atoms with Gasteiger partial charge in [0.1, 0.15) is 0 Å². The van der Waals surface area contributed by atoms with Crippen LogP contribution in [0.25, 0.3) is 0 Å². The molecule has 0 saturated carbocycles. The van der Waals surface area contributed by atoms with Gasteiger partial charge in [-0.2, -0.15) is 0 Å². The van der Waals surface area contributed by atoms with E-state index in [0.717, 1.165) is 12.8 Å². The third-order valence-corrected chi connectivity index (χ3v) is 2.22. The first-order valence-corrected chi connectivity index (χ1v) is 4.99. The lowest BCUT2D eigenvalue weighted by Gasteiger charge is -2.15. The molecule has 0 saturated heterocycles. The number of rotatable bonds is 7. The molecule has 0 radical (unpaired) electrons. The molecule has 0 aromatic carbocycles. The van der Waals surface area contributed by atoms with Gasteiger partial charge in [-0.25, -0.2) is 0 Å². The minimum Gasteiger partial charge on any atom is -0.382 e. The van der Waals surface area contributed by atoms with E-state index in [0.29, 0.717) is 12.1 Å². The minimum atomic E-state index is 0.307. The molecule has 0 rings (SSSR count). The van der Waals surface area contributed by atoms with Crippen LogP contribution in [0.4, 0.5) is 0 Å². The Balaban J connectivity index is 3.26. The van der Waals surface area contributed by atoms with Crippen LogP contribution in [-0.4, -0.2) is 19.3 Å². The second-order valence-corrected chi connectivity index (χ2v) is 3.54. The highest BCUT2D eigenvalue weighted by atomic mass is 16.5. The van der Waals surface area contributed by atoms with Crippen molar-refractivity contribution in [2.45, 2.75) is 58.1 Å². The van der Waals surface area contributed by atoms with Gasteiger partial charge in [-0.15, -0.1) is 0 Å². The fourth-order valence-electron chi connectivity index (χ4n) is 1.30. The zero-order valence-electron chi connectivity index (χ0n) is 8.68. The maximum atomic E-state index is 5.91. The standard InChI is InChI=1S/C10H23NO/c1-4-5-6-7-10(11)8-9(2)12-3/h9-10H,4-8,11H2,1-3H3. The maximum Gasteiger partial charge on any atom is 0.0558 e. The summed E-state index contributed by atoms with van der Waals surface area (Å²) in [7, 11) is 1.74. The quantitative estimate of drug-likeness (QED) is 0.600. The van der Waals surface area contributed by atoms with Gasteiger partial charge < -0.3 is 10.5 Å². The highest BCUT2D eigenvalue weighted by molar-refractivity contribution is 4.65. The van der Waals surface area contributed by atoms with Crippen molar-refractivity contribution >= 4 is 0 Å².